The number of aromatic nitrogens is 2. The molecule has 1 heterocycles. The van der Waals surface area contributed by atoms with Crippen molar-refractivity contribution < 1.29 is 4.39 Å². The van der Waals surface area contributed by atoms with Crippen LogP contribution in [0.25, 0.3) is 11.4 Å². The quantitative estimate of drug-likeness (QED) is 0.823. The van der Waals surface area contributed by atoms with Crippen LogP contribution in [0, 0.1) is 5.82 Å². The topological polar surface area (TPSA) is 29.9 Å². The number of nitrogens with one attached hydrogen (secondary N) is 1. The Bertz CT molecular complexity index is 520. The van der Waals surface area contributed by atoms with Crippen LogP contribution < -0.4 is 5.32 Å². The first-order chi connectivity index (χ1) is 8.72. The molecule has 0 aliphatic rings. The number of rotatable bonds is 5. The Kier molecular flexibility index (Phi) is 4.10. The highest BCUT2D eigenvalue weighted by atomic mass is 19.1. The minimum absolute atomic E-state index is 0.222. The molecule has 0 spiro atoms. The highest BCUT2D eigenvalue weighted by Crippen LogP contribution is 2.21. The Labute approximate surface area is 107 Å². The summed E-state index contributed by atoms with van der Waals surface area (Å²) in [5.41, 5.74) is 1.50. The molecule has 0 atom stereocenters. The van der Waals surface area contributed by atoms with Crippen molar-refractivity contribution in [1.82, 2.24) is 14.9 Å². The lowest BCUT2D eigenvalue weighted by Gasteiger charge is -2.07. The van der Waals surface area contributed by atoms with E-state index in [-0.39, 0.29) is 5.82 Å². The second-order valence-corrected chi connectivity index (χ2v) is 4.35. The van der Waals surface area contributed by atoms with Crippen LogP contribution in [0.3, 0.4) is 0 Å². The van der Waals surface area contributed by atoms with Gasteiger partial charge in [0.05, 0.1) is 5.56 Å². The molecular weight excluding hydrogens is 229 g/mol. The van der Waals surface area contributed by atoms with Crippen molar-refractivity contribution in [3.63, 3.8) is 0 Å². The van der Waals surface area contributed by atoms with Crippen molar-refractivity contribution in [3.05, 3.63) is 42.0 Å². The number of imidazole rings is 1. The number of aryl methyl sites for hydroxylation is 1. The van der Waals surface area contributed by atoms with E-state index in [0.29, 0.717) is 17.9 Å². The van der Waals surface area contributed by atoms with Crippen molar-refractivity contribution in [1.29, 1.82) is 0 Å². The third-order valence-corrected chi connectivity index (χ3v) is 2.85. The van der Waals surface area contributed by atoms with E-state index in [1.54, 1.807) is 18.3 Å². The summed E-state index contributed by atoms with van der Waals surface area (Å²) < 4.78 is 15.8. The number of nitrogens with zero attached hydrogens (tertiary/aromatic N) is 2. The van der Waals surface area contributed by atoms with Crippen molar-refractivity contribution in [3.8, 4) is 11.4 Å². The molecule has 0 bridgehead atoms. The molecule has 0 saturated carbocycles. The second kappa shape index (κ2) is 5.78. The monoisotopic (exact) mass is 247 g/mol. The fourth-order valence-electron chi connectivity index (χ4n) is 1.88. The highest BCUT2D eigenvalue weighted by molar-refractivity contribution is 5.57. The van der Waals surface area contributed by atoms with Gasteiger partial charge in [0, 0.05) is 26.0 Å². The number of hydrogen-bond donors (Lipinski definition) is 1. The fraction of sp³-hybridized carbons (Fsp3) is 0.357. The van der Waals surface area contributed by atoms with Crippen LogP contribution in [0.5, 0.6) is 0 Å². The lowest BCUT2D eigenvalue weighted by Crippen LogP contribution is -2.13. The van der Waals surface area contributed by atoms with Gasteiger partial charge in [-0.25, -0.2) is 9.37 Å². The van der Waals surface area contributed by atoms with Gasteiger partial charge in [-0.2, -0.15) is 0 Å². The molecule has 1 aromatic carbocycles. The van der Waals surface area contributed by atoms with Crippen LogP contribution in [0.4, 0.5) is 4.39 Å². The van der Waals surface area contributed by atoms with Crippen LogP contribution in [0.15, 0.2) is 30.6 Å². The smallest absolute Gasteiger partial charge is 0.142 e. The maximum atomic E-state index is 14.0. The first kappa shape index (κ1) is 12.8. The number of halogens is 1. The molecule has 0 unspecified atom stereocenters. The van der Waals surface area contributed by atoms with Crippen LogP contribution in [0.1, 0.15) is 18.9 Å². The molecule has 2 aromatic rings. The van der Waals surface area contributed by atoms with Crippen molar-refractivity contribution in [2.75, 3.05) is 6.54 Å². The Morgan fingerprint density at radius 2 is 2.22 bits per heavy atom. The molecule has 18 heavy (non-hydrogen) atoms. The van der Waals surface area contributed by atoms with Gasteiger partial charge in [-0.05, 0) is 30.7 Å². The van der Waals surface area contributed by atoms with Gasteiger partial charge < -0.3 is 9.88 Å². The molecule has 3 nitrogen and oxygen atoms in total. The molecule has 0 amide bonds. The zero-order chi connectivity index (χ0) is 13.0. The molecule has 0 aliphatic carbocycles. The third-order valence-electron chi connectivity index (χ3n) is 2.85. The zero-order valence-corrected chi connectivity index (χ0v) is 10.8. The fourth-order valence-corrected chi connectivity index (χ4v) is 1.88. The summed E-state index contributed by atoms with van der Waals surface area (Å²) >= 11 is 0. The van der Waals surface area contributed by atoms with Gasteiger partial charge in [0.2, 0.25) is 0 Å². The van der Waals surface area contributed by atoms with Crippen molar-refractivity contribution in [2.24, 2.45) is 7.05 Å². The molecule has 1 N–H and O–H groups in total. The van der Waals surface area contributed by atoms with E-state index in [1.807, 2.05) is 23.9 Å². The third kappa shape index (κ3) is 2.76. The molecule has 1 aromatic heterocycles. The zero-order valence-electron chi connectivity index (χ0n) is 10.8. The summed E-state index contributed by atoms with van der Waals surface area (Å²) in [5, 5.41) is 3.26. The average molecular weight is 247 g/mol. The molecule has 4 heteroatoms. The largest absolute Gasteiger partial charge is 0.334 e. The normalized spacial score (nSPS) is 10.8. The maximum absolute atomic E-state index is 14.0. The Morgan fingerprint density at radius 3 is 2.83 bits per heavy atom. The molecule has 96 valence electrons. The predicted molar refractivity (Wildman–Crippen MR) is 70.6 cm³/mol. The van der Waals surface area contributed by atoms with Crippen molar-refractivity contribution in [2.45, 2.75) is 19.9 Å². The maximum Gasteiger partial charge on any atom is 0.142 e. The Morgan fingerprint density at radius 1 is 1.39 bits per heavy atom. The second-order valence-electron chi connectivity index (χ2n) is 4.35. The van der Waals surface area contributed by atoms with Gasteiger partial charge in [0.15, 0.2) is 0 Å². The van der Waals surface area contributed by atoms with Crippen LogP contribution in [-0.4, -0.2) is 16.1 Å². The summed E-state index contributed by atoms with van der Waals surface area (Å²) in [6.45, 7) is 3.76. The van der Waals surface area contributed by atoms with E-state index in [0.717, 1.165) is 18.5 Å². The van der Waals surface area contributed by atoms with E-state index in [1.165, 1.54) is 0 Å². The highest BCUT2D eigenvalue weighted by Gasteiger charge is 2.09. The molecule has 0 saturated heterocycles. The van der Waals surface area contributed by atoms with Crippen LogP contribution in [0.2, 0.25) is 0 Å². The minimum atomic E-state index is -0.222. The summed E-state index contributed by atoms with van der Waals surface area (Å²) in [7, 11) is 1.86. The summed E-state index contributed by atoms with van der Waals surface area (Å²) in [5.74, 6) is 0.431. The lowest BCUT2D eigenvalue weighted by molar-refractivity contribution is 0.620. The van der Waals surface area contributed by atoms with Gasteiger partial charge in [-0.15, -0.1) is 0 Å². The number of hydrogen-bond acceptors (Lipinski definition) is 2. The molecule has 0 fully saturated rings. The average Bonchev–Trinajstić information content (AvgIpc) is 2.76. The Hall–Kier alpha value is -1.68. The summed E-state index contributed by atoms with van der Waals surface area (Å²) in [6.07, 6.45) is 4.56. The van der Waals surface area contributed by atoms with E-state index in [9.17, 15) is 4.39 Å². The standard InChI is InChI=1S/C14H18FN3/c1-3-6-16-10-11-4-5-12(13(15)9-11)14-17-7-8-18(14)2/h4-5,7-9,16H,3,6,10H2,1-2H3. The van der Waals surface area contributed by atoms with Gasteiger partial charge in [-0.1, -0.05) is 13.0 Å². The van der Waals surface area contributed by atoms with Gasteiger partial charge in [0.1, 0.15) is 11.6 Å². The van der Waals surface area contributed by atoms with E-state index >= 15 is 0 Å². The van der Waals surface area contributed by atoms with Crippen LogP contribution in [-0.2, 0) is 13.6 Å². The number of benzene rings is 1. The minimum Gasteiger partial charge on any atom is -0.334 e. The molecular formula is C14H18FN3. The predicted octanol–water partition coefficient (Wildman–Crippen LogP) is 2.73. The van der Waals surface area contributed by atoms with E-state index < -0.39 is 0 Å². The van der Waals surface area contributed by atoms with Crippen molar-refractivity contribution >= 4 is 0 Å². The first-order valence-corrected chi connectivity index (χ1v) is 6.19. The SMILES string of the molecule is CCCNCc1ccc(-c2nccn2C)c(F)c1. The molecule has 0 radical (unpaired) electrons. The molecule has 0 aliphatic heterocycles. The first-order valence-electron chi connectivity index (χ1n) is 6.19. The Balaban J connectivity index is 2.18. The lowest BCUT2D eigenvalue weighted by atomic mass is 10.1. The van der Waals surface area contributed by atoms with E-state index in [4.69, 9.17) is 0 Å². The summed E-state index contributed by atoms with van der Waals surface area (Å²) in [6, 6.07) is 5.31. The van der Waals surface area contributed by atoms with Crippen LogP contribution >= 0.6 is 0 Å². The molecule has 2 rings (SSSR count). The summed E-state index contributed by atoms with van der Waals surface area (Å²) in [4.78, 5) is 4.16. The van der Waals surface area contributed by atoms with Gasteiger partial charge in [0.25, 0.3) is 0 Å². The van der Waals surface area contributed by atoms with E-state index in [2.05, 4.69) is 17.2 Å². The van der Waals surface area contributed by atoms with Gasteiger partial charge in [-0.3, -0.25) is 0 Å². The van der Waals surface area contributed by atoms with Gasteiger partial charge >= 0.3 is 0 Å².